The molecule has 0 aliphatic carbocycles. The predicted molar refractivity (Wildman–Crippen MR) is 59.4 cm³/mol. The van der Waals surface area contributed by atoms with Gasteiger partial charge < -0.3 is 5.32 Å². The summed E-state index contributed by atoms with van der Waals surface area (Å²) in [7, 11) is 0. The highest BCUT2D eigenvalue weighted by Crippen LogP contribution is 2.29. The molecule has 2 heteroatoms. The van der Waals surface area contributed by atoms with Crippen LogP contribution in [0, 0.1) is 5.92 Å². The van der Waals surface area contributed by atoms with E-state index >= 15 is 0 Å². The van der Waals surface area contributed by atoms with Crippen molar-refractivity contribution in [2.24, 2.45) is 5.92 Å². The minimum absolute atomic E-state index is 0.613. The van der Waals surface area contributed by atoms with E-state index in [1.165, 1.54) is 24.8 Å². The van der Waals surface area contributed by atoms with Crippen molar-refractivity contribution in [3.63, 3.8) is 0 Å². The van der Waals surface area contributed by atoms with Crippen LogP contribution in [0.15, 0.2) is 18.3 Å². The number of nitrogens with one attached hydrogen (secondary N) is 1. The van der Waals surface area contributed by atoms with Crippen molar-refractivity contribution < 1.29 is 0 Å². The van der Waals surface area contributed by atoms with Crippen molar-refractivity contribution in [1.29, 1.82) is 0 Å². The van der Waals surface area contributed by atoms with Crippen LogP contribution in [0.1, 0.15) is 32.3 Å². The van der Waals surface area contributed by atoms with Crippen LogP contribution in [-0.2, 0) is 6.42 Å². The van der Waals surface area contributed by atoms with Crippen LogP contribution in [0.4, 0.5) is 5.82 Å². The van der Waals surface area contributed by atoms with Gasteiger partial charge in [-0.2, -0.15) is 0 Å². The molecule has 2 heterocycles. The summed E-state index contributed by atoms with van der Waals surface area (Å²) in [5.41, 5.74) is 1.38. The molecule has 1 aromatic heterocycles. The molecule has 76 valence electrons. The number of fused-ring (bicyclic) bond motifs is 1. The summed E-state index contributed by atoms with van der Waals surface area (Å²) in [6, 6.07) is 4.83. The highest BCUT2D eigenvalue weighted by molar-refractivity contribution is 5.47. The van der Waals surface area contributed by atoms with Crippen molar-refractivity contribution >= 4 is 5.82 Å². The average molecular weight is 190 g/mol. The Kier molecular flexibility index (Phi) is 2.71. The van der Waals surface area contributed by atoms with E-state index in [-0.39, 0.29) is 0 Å². The van der Waals surface area contributed by atoms with Gasteiger partial charge in [0.05, 0.1) is 0 Å². The zero-order valence-electron chi connectivity index (χ0n) is 8.96. The van der Waals surface area contributed by atoms with Gasteiger partial charge in [0.25, 0.3) is 0 Å². The van der Waals surface area contributed by atoms with Gasteiger partial charge in [-0.1, -0.05) is 26.3 Å². The molecule has 2 rings (SSSR count). The molecule has 1 aliphatic rings. The molecule has 14 heavy (non-hydrogen) atoms. The van der Waals surface area contributed by atoms with Gasteiger partial charge in [-0.25, -0.2) is 4.98 Å². The maximum absolute atomic E-state index is 4.38. The number of hydrogen-bond donors (Lipinski definition) is 1. The van der Waals surface area contributed by atoms with Crippen molar-refractivity contribution in [3.8, 4) is 0 Å². The lowest BCUT2D eigenvalue weighted by Gasteiger charge is -2.32. The van der Waals surface area contributed by atoms with Crippen LogP contribution in [-0.4, -0.2) is 11.0 Å². The summed E-state index contributed by atoms with van der Waals surface area (Å²) in [6.45, 7) is 4.52. The quantitative estimate of drug-likeness (QED) is 0.775. The third-order valence-electron chi connectivity index (χ3n) is 3.23. The van der Waals surface area contributed by atoms with Crippen LogP contribution >= 0.6 is 0 Å². The van der Waals surface area contributed by atoms with E-state index in [0.717, 1.165) is 11.7 Å². The molecular formula is C12H18N2. The molecule has 0 bridgehead atoms. The number of nitrogens with zero attached hydrogens (tertiary/aromatic N) is 1. The third kappa shape index (κ3) is 1.61. The molecule has 1 aromatic rings. The molecule has 1 N–H and O–H groups in total. The van der Waals surface area contributed by atoms with E-state index in [0.29, 0.717) is 6.04 Å². The Morgan fingerprint density at radius 3 is 3.00 bits per heavy atom. The molecule has 1 aliphatic heterocycles. The van der Waals surface area contributed by atoms with Gasteiger partial charge in [-0.05, 0) is 30.4 Å². The lowest BCUT2D eigenvalue weighted by molar-refractivity contribution is 0.404. The van der Waals surface area contributed by atoms with Crippen molar-refractivity contribution in [3.05, 3.63) is 23.9 Å². The van der Waals surface area contributed by atoms with Gasteiger partial charge in [0.1, 0.15) is 5.82 Å². The first-order valence-electron chi connectivity index (χ1n) is 5.55. The smallest absolute Gasteiger partial charge is 0.129 e. The van der Waals surface area contributed by atoms with Crippen LogP contribution in [0.2, 0.25) is 0 Å². The maximum atomic E-state index is 4.38. The van der Waals surface area contributed by atoms with E-state index in [9.17, 15) is 0 Å². The number of hydrogen-bond acceptors (Lipinski definition) is 2. The molecule has 0 fully saturated rings. The van der Waals surface area contributed by atoms with E-state index in [2.05, 4.69) is 30.2 Å². The molecule has 0 saturated carbocycles. The lowest BCUT2D eigenvalue weighted by Crippen LogP contribution is -2.34. The molecule has 2 unspecified atom stereocenters. The average Bonchev–Trinajstić information content (AvgIpc) is 2.27. The number of anilines is 1. The maximum Gasteiger partial charge on any atom is 0.129 e. The Bertz CT molecular complexity index is 278. The fraction of sp³-hybridized carbons (Fsp3) is 0.583. The first-order chi connectivity index (χ1) is 6.85. The van der Waals surface area contributed by atoms with Crippen LogP contribution < -0.4 is 5.32 Å². The van der Waals surface area contributed by atoms with Crippen LogP contribution in [0.3, 0.4) is 0 Å². The summed E-state index contributed by atoms with van der Waals surface area (Å²) in [4.78, 5) is 4.38. The Balaban J connectivity index is 2.25. The van der Waals surface area contributed by atoms with Gasteiger partial charge in [0.15, 0.2) is 0 Å². The van der Waals surface area contributed by atoms with E-state index in [4.69, 9.17) is 0 Å². The first-order valence-corrected chi connectivity index (χ1v) is 5.55. The Labute approximate surface area is 85.7 Å². The number of rotatable bonds is 2. The van der Waals surface area contributed by atoms with Gasteiger partial charge in [-0.15, -0.1) is 0 Å². The van der Waals surface area contributed by atoms with Crippen LogP contribution in [0.5, 0.6) is 0 Å². The van der Waals surface area contributed by atoms with Crippen molar-refractivity contribution in [2.45, 2.75) is 39.2 Å². The summed E-state index contributed by atoms with van der Waals surface area (Å²) >= 11 is 0. The first kappa shape index (κ1) is 9.50. The Hall–Kier alpha value is -1.05. The molecular weight excluding hydrogens is 172 g/mol. The van der Waals surface area contributed by atoms with Gasteiger partial charge in [0, 0.05) is 12.2 Å². The summed E-state index contributed by atoms with van der Waals surface area (Å²) in [6.07, 6.45) is 5.49. The van der Waals surface area contributed by atoms with E-state index < -0.39 is 0 Å². The van der Waals surface area contributed by atoms with Gasteiger partial charge in [0.2, 0.25) is 0 Å². The Morgan fingerprint density at radius 2 is 2.29 bits per heavy atom. The third-order valence-corrected chi connectivity index (χ3v) is 3.23. The highest BCUT2D eigenvalue weighted by Gasteiger charge is 2.25. The van der Waals surface area contributed by atoms with E-state index in [1.807, 2.05) is 12.3 Å². The topological polar surface area (TPSA) is 24.9 Å². The summed E-state index contributed by atoms with van der Waals surface area (Å²) in [5.74, 6) is 1.88. The zero-order chi connectivity index (χ0) is 9.97. The van der Waals surface area contributed by atoms with E-state index in [1.54, 1.807) is 0 Å². The lowest BCUT2D eigenvalue weighted by atomic mass is 9.85. The SMILES string of the molecule is CCC1Cc2cccnc2NC1CC. The standard InChI is InChI=1S/C12H18N2/c1-3-9-8-10-6-5-7-13-12(10)14-11(9)4-2/h5-7,9,11H,3-4,8H2,1-2H3,(H,13,14). The fourth-order valence-electron chi connectivity index (χ4n) is 2.32. The molecule has 0 aromatic carbocycles. The number of pyridine rings is 1. The number of aromatic nitrogens is 1. The molecule has 0 radical (unpaired) electrons. The van der Waals surface area contributed by atoms with Gasteiger partial charge >= 0.3 is 0 Å². The molecule has 0 spiro atoms. The summed E-state index contributed by atoms with van der Waals surface area (Å²) in [5, 5.41) is 3.54. The zero-order valence-corrected chi connectivity index (χ0v) is 8.96. The molecule has 0 saturated heterocycles. The molecule has 2 atom stereocenters. The minimum Gasteiger partial charge on any atom is -0.367 e. The largest absolute Gasteiger partial charge is 0.367 e. The minimum atomic E-state index is 0.613. The monoisotopic (exact) mass is 190 g/mol. The van der Waals surface area contributed by atoms with Crippen molar-refractivity contribution in [2.75, 3.05) is 5.32 Å². The van der Waals surface area contributed by atoms with Crippen molar-refractivity contribution in [1.82, 2.24) is 4.98 Å². The second kappa shape index (κ2) is 3.99. The van der Waals surface area contributed by atoms with Crippen LogP contribution in [0.25, 0.3) is 0 Å². The second-order valence-electron chi connectivity index (χ2n) is 4.04. The summed E-state index contributed by atoms with van der Waals surface area (Å²) < 4.78 is 0. The molecule has 0 amide bonds. The molecule has 2 nitrogen and oxygen atoms in total. The fourth-order valence-corrected chi connectivity index (χ4v) is 2.32. The normalized spacial score (nSPS) is 25.3. The second-order valence-corrected chi connectivity index (χ2v) is 4.04. The highest BCUT2D eigenvalue weighted by atomic mass is 15.0. The Morgan fingerprint density at radius 1 is 1.43 bits per heavy atom. The predicted octanol–water partition coefficient (Wildman–Crippen LogP) is 2.85. The van der Waals surface area contributed by atoms with Gasteiger partial charge in [-0.3, -0.25) is 0 Å².